The van der Waals surface area contributed by atoms with E-state index in [4.69, 9.17) is 0 Å². The van der Waals surface area contributed by atoms with Crippen molar-refractivity contribution in [3.63, 3.8) is 0 Å². The highest BCUT2D eigenvalue weighted by molar-refractivity contribution is 9.10. The molecule has 0 aliphatic carbocycles. The molecular weight excluding hydrogens is 336 g/mol. The summed E-state index contributed by atoms with van der Waals surface area (Å²) in [4.78, 5) is 23.9. The molecule has 0 saturated heterocycles. The minimum absolute atomic E-state index is 0.0643. The van der Waals surface area contributed by atoms with Gasteiger partial charge >= 0.3 is 0 Å². The van der Waals surface area contributed by atoms with Crippen molar-refractivity contribution in [1.82, 2.24) is 10.9 Å². The first-order valence-electron chi connectivity index (χ1n) is 6.14. The predicted molar refractivity (Wildman–Crippen MR) is 81.9 cm³/mol. The molecule has 0 atom stereocenters. The minimum Gasteiger partial charge on any atom is -0.507 e. The summed E-state index contributed by atoms with van der Waals surface area (Å²) in [6.45, 7) is 1.80. The molecule has 6 heteroatoms. The number of carbonyl (C=O) groups excluding carboxylic acids is 2. The fourth-order valence-electron chi connectivity index (χ4n) is 1.77. The van der Waals surface area contributed by atoms with Gasteiger partial charge in [0.05, 0.1) is 5.56 Å². The van der Waals surface area contributed by atoms with Crippen molar-refractivity contribution in [3.8, 4) is 5.75 Å². The highest BCUT2D eigenvalue weighted by atomic mass is 79.9. The quantitative estimate of drug-likeness (QED) is 0.729. The van der Waals surface area contributed by atoms with E-state index in [1.54, 1.807) is 31.2 Å². The number of phenols is 1. The predicted octanol–water partition coefficient (Wildman–Crippen LogP) is 2.54. The van der Waals surface area contributed by atoms with Gasteiger partial charge in [-0.15, -0.1) is 0 Å². The largest absolute Gasteiger partial charge is 0.507 e. The summed E-state index contributed by atoms with van der Waals surface area (Å²) in [5.41, 5.74) is 5.93. The average Bonchev–Trinajstić information content (AvgIpc) is 2.47. The van der Waals surface area contributed by atoms with Crippen molar-refractivity contribution < 1.29 is 14.7 Å². The summed E-state index contributed by atoms with van der Waals surface area (Å²) >= 11 is 3.21. The number of rotatable bonds is 2. The highest BCUT2D eigenvalue weighted by Gasteiger charge is 2.13. The van der Waals surface area contributed by atoms with Crippen molar-refractivity contribution in [3.05, 3.63) is 63.6 Å². The molecule has 2 aromatic carbocycles. The molecule has 108 valence electrons. The van der Waals surface area contributed by atoms with Crippen molar-refractivity contribution in [2.24, 2.45) is 0 Å². The number of hydrazine groups is 1. The third-order valence-corrected chi connectivity index (χ3v) is 3.38. The molecule has 21 heavy (non-hydrogen) atoms. The molecule has 0 aliphatic heterocycles. The molecule has 0 saturated carbocycles. The number of benzene rings is 2. The van der Waals surface area contributed by atoms with Crippen LogP contribution in [0.2, 0.25) is 0 Å². The Morgan fingerprint density at radius 2 is 1.62 bits per heavy atom. The Labute approximate surface area is 130 Å². The first-order chi connectivity index (χ1) is 9.99. The van der Waals surface area contributed by atoms with Crippen LogP contribution in [0.3, 0.4) is 0 Å². The fourth-order valence-corrected chi connectivity index (χ4v) is 2.13. The topological polar surface area (TPSA) is 78.4 Å². The first-order valence-corrected chi connectivity index (χ1v) is 6.93. The van der Waals surface area contributed by atoms with Crippen molar-refractivity contribution >= 4 is 27.7 Å². The molecule has 0 spiro atoms. The second-order valence-electron chi connectivity index (χ2n) is 4.38. The number of halogens is 1. The van der Waals surface area contributed by atoms with Crippen LogP contribution in [-0.2, 0) is 0 Å². The van der Waals surface area contributed by atoms with Crippen LogP contribution in [0.15, 0.2) is 46.9 Å². The lowest BCUT2D eigenvalue weighted by molar-refractivity contribution is 0.0844. The summed E-state index contributed by atoms with van der Waals surface area (Å²) in [5.74, 6) is -1.19. The van der Waals surface area contributed by atoms with E-state index in [1.807, 2.05) is 6.07 Å². The zero-order valence-electron chi connectivity index (χ0n) is 11.2. The van der Waals surface area contributed by atoms with E-state index in [0.29, 0.717) is 10.0 Å². The number of amides is 2. The lowest BCUT2D eigenvalue weighted by Gasteiger charge is -2.10. The zero-order valence-corrected chi connectivity index (χ0v) is 12.8. The lowest BCUT2D eigenvalue weighted by atomic mass is 10.1. The van der Waals surface area contributed by atoms with Crippen LogP contribution in [-0.4, -0.2) is 16.9 Å². The molecular formula is C15H13BrN2O3. The Morgan fingerprint density at radius 3 is 2.29 bits per heavy atom. The van der Waals surface area contributed by atoms with Gasteiger partial charge in [0.2, 0.25) is 0 Å². The van der Waals surface area contributed by atoms with Gasteiger partial charge < -0.3 is 5.11 Å². The minimum atomic E-state index is -0.601. The first kappa shape index (κ1) is 15.1. The number of carbonyl (C=O) groups is 2. The van der Waals surface area contributed by atoms with Crippen molar-refractivity contribution in [2.75, 3.05) is 0 Å². The second kappa shape index (κ2) is 6.41. The monoisotopic (exact) mass is 348 g/mol. The number of phenolic OH excluding ortho intramolecular Hbond substituents is 1. The van der Waals surface area contributed by atoms with E-state index in [-0.39, 0.29) is 11.3 Å². The molecule has 3 N–H and O–H groups in total. The van der Waals surface area contributed by atoms with Crippen LogP contribution in [0.4, 0.5) is 0 Å². The van der Waals surface area contributed by atoms with E-state index in [1.165, 1.54) is 12.1 Å². The molecule has 0 bridgehead atoms. The van der Waals surface area contributed by atoms with E-state index < -0.39 is 11.8 Å². The van der Waals surface area contributed by atoms with Crippen molar-refractivity contribution in [1.29, 1.82) is 0 Å². The molecule has 5 nitrogen and oxygen atoms in total. The smallest absolute Gasteiger partial charge is 0.273 e. The van der Waals surface area contributed by atoms with Gasteiger partial charge in [0.1, 0.15) is 5.75 Å². The van der Waals surface area contributed by atoms with Crippen LogP contribution in [0.25, 0.3) is 0 Å². The average molecular weight is 349 g/mol. The van der Waals surface area contributed by atoms with Crippen LogP contribution in [0, 0.1) is 6.92 Å². The number of aryl methyl sites for hydroxylation is 1. The summed E-state index contributed by atoms with van der Waals surface area (Å²) in [5, 5.41) is 9.64. The van der Waals surface area contributed by atoms with E-state index >= 15 is 0 Å². The van der Waals surface area contributed by atoms with E-state index in [0.717, 1.165) is 5.56 Å². The molecule has 0 aliphatic rings. The van der Waals surface area contributed by atoms with Gasteiger partial charge in [0.15, 0.2) is 0 Å². The summed E-state index contributed by atoms with van der Waals surface area (Å²) in [6.07, 6.45) is 0. The molecule has 0 fully saturated rings. The summed E-state index contributed by atoms with van der Waals surface area (Å²) in [6, 6.07) is 11.5. The van der Waals surface area contributed by atoms with Gasteiger partial charge in [0.25, 0.3) is 11.8 Å². The molecule has 0 unspecified atom stereocenters. The summed E-state index contributed by atoms with van der Waals surface area (Å²) in [7, 11) is 0. The van der Waals surface area contributed by atoms with E-state index in [2.05, 4.69) is 26.8 Å². The third kappa shape index (κ3) is 3.61. The van der Waals surface area contributed by atoms with Crippen LogP contribution in [0.1, 0.15) is 26.3 Å². The highest BCUT2D eigenvalue weighted by Crippen LogP contribution is 2.21. The fraction of sp³-hybridized carbons (Fsp3) is 0.0667. The molecule has 2 amide bonds. The van der Waals surface area contributed by atoms with Gasteiger partial charge in [0, 0.05) is 10.0 Å². The number of hydrogen-bond donors (Lipinski definition) is 3. The second-order valence-corrected chi connectivity index (χ2v) is 5.30. The maximum atomic E-state index is 12.0. The SMILES string of the molecule is Cc1ccccc1C(=O)NNC(=O)c1cc(Br)ccc1O. The summed E-state index contributed by atoms with van der Waals surface area (Å²) < 4.78 is 0.649. The Bertz CT molecular complexity index is 701. The zero-order chi connectivity index (χ0) is 15.4. The number of nitrogens with one attached hydrogen (secondary N) is 2. The normalized spacial score (nSPS) is 10.0. The Hall–Kier alpha value is -2.34. The molecule has 0 heterocycles. The van der Waals surface area contributed by atoms with Gasteiger partial charge in [-0.05, 0) is 36.8 Å². The Kier molecular flexibility index (Phi) is 4.59. The third-order valence-electron chi connectivity index (χ3n) is 2.88. The van der Waals surface area contributed by atoms with Gasteiger partial charge in [-0.3, -0.25) is 20.4 Å². The van der Waals surface area contributed by atoms with E-state index in [9.17, 15) is 14.7 Å². The molecule has 2 aromatic rings. The van der Waals surface area contributed by atoms with Gasteiger partial charge in [-0.1, -0.05) is 34.1 Å². The van der Waals surface area contributed by atoms with Crippen molar-refractivity contribution in [2.45, 2.75) is 6.92 Å². The molecule has 0 radical (unpaired) electrons. The maximum absolute atomic E-state index is 12.0. The molecule has 0 aromatic heterocycles. The lowest BCUT2D eigenvalue weighted by Crippen LogP contribution is -2.41. The van der Waals surface area contributed by atoms with Crippen LogP contribution < -0.4 is 10.9 Å². The molecule has 2 rings (SSSR count). The van der Waals surface area contributed by atoms with Gasteiger partial charge in [-0.2, -0.15) is 0 Å². The van der Waals surface area contributed by atoms with Crippen LogP contribution >= 0.6 is 15.9 Å². The Balaban J connectivity index is 2.06. The maximum Gasteiger partial charge on any atom is 0.273 e. The number of aromatic hydroxyl groups is 1. The van der Waals surface area contributed by atoms with Crippen LogP contribution in [0.5, 0.6) is 5.75 Å². The Morgan fingerprint density at radius 1 is 1.00 bits per heavy atom. The van der Waals surface area contributed by atoms with Gasteiger partial charge in [-0.25, -0.2) is 0 Å². The standard InChI is InChI=1S/C15H13BrN2O3/c1-9-4-2-3-5-11(9)14(20)17-18-15(21)12-8-10(16)6-7-13(12)19/h2-8,19H,1H3,(H,17,20)(H,18,21). The number of hydrogen-bond acceptors (Lipinski definition) is 3.